The Kier molecular flexibility index (Phi) is 7.74. The summed E-state index contributed by atoms with van der Waals surface area (Å²) in [5.74, 6) is -8.44. The first-order chi connectivity index (χ1) is 21.8. The molecule has 5 atom stereocenters. The number of carbonyl (C=O) groups excluding carboxylic acids is 4. The van der Waals surface area contributed by atoms with Crippen molar-refractivity contribution in [2.75, 3.05) is 20.7 Å². The second kappa shape index (κ2) is 11.3. The van der Waals surface area contributed by atoms with Crippen LogP contribution in [0.15, 0.2) is 53.0 Å². The molecule has 1 aliphatic heterocycles. The first-order valence-corrected chi connectivity index (χ1v) is 14.9. The highest BCUT2D eigenvalue weighted by molar-refractivity contribution is 6.25. The third-order valence-electron chi connectivity index (χ3n) is 9.63. The summed E-state index contributed by atoms with van der Waals surface area (Å²) in [5.41, 5.74) is 2.77. The van der Waals surface area contributed by atoms with Crippen molar-refractivity contribution in [1.29, 1.82) is 0 Å². The summed E-state index contributed by atoms with van der Waals surface area (Å²) in [6.45, 7) is 0.265. The molecular weight excluding hydrogens is 601 g/mol. The fourth-order valence-electron chi connectivity index (χ4n) is 7.48. The average Bonchev–Trinajstić information content (AvgIpc) is 3.54. The van der Waals surface area contributed by atoms with Crippen molar-refractivity contribution in [3.05, 3.63) is 75.5 Å². The number of ether oxygens (including phenoxy) is 1. The normalized spacial score (nSPS) is 27.4. The van der Waals surface area contributed by atoms with Crippen molar-refractivity contribution in [2.45, 2.75) is 50.0 Å². The molecule has 46 heavy (non-hydrogen) atoms. The van der Waals surface area contributed by atoms with Crippen LogP contribution >= 0.6 is 0 Å². The lowest BCUT2D eigenvalue weighted by Crippen LogP contribution is -2.63. The second-order valence-electron chi connectivity index (χ2n) is 12.5. The van der Waals surface area contributed by atoms with Crippen LogP contribution in [-0.4, -0.2) is 87.2 Å². The van der Waals surface area contributed by atoms with E-state index in [2.05, 4.69) is 5.32 Å². The predicted molar refractivity (Wildman–Crippen MR) is 160 cm³/mol. The summed E-state index contributed by atoms with van der Waals surface area (Å²) in [7, 11) is 3.11. The molecule has 7 N–H and O–H groups in total. The number of allylic oxidation sites excluding steroid dienone is 1. The van der Waals surface area contributed by atoms with Crippen LogP contribution in [0.2, 0.25) is 0 Å². The minimum absolute atomic E-state index is 0.0529. The van der Waals surface area contributed by atoms with E-state index in [0.29, 0.717) is 29.7 Å². The van der Waals surface area contributed by atoms with Crippen LogP contribution in [0, 0.1) is 17.7 Å². The van der Waals surface area contributed by atoms with Crippen LogP contribution in [0.4, 0.5) is 4.39 Å². The molecule has 13 heteroatoms. The number of nitrogens with zero attached hydrogens (tertiary/aromatic N) is 1. The van der Waals surface area contributed by atoms with Gasteiger partial charge < -0.3 is 36.2 Å². The lowest BCUT2D eigenvalue weighted by Gasteiger charge is -2.50. The average molecular weight is 636 g/mol. The summed E-state index contributed by atoms with van der Waals surface area (Å²) in [6, 6.07) is 6.01. The highest BCUT2D eigenvalue weighted by Gasteiger charge is 2.63. The van der Waals surface area contributed by atoms with E-state index in [1.165, 1.54) is 29.2 Å². The van der Waals surface area contributed by atoms with Crippen molar-refractivity contribution in [2.24, 2.45) is 17.6 Å². The van der Waals surface area contributed by atoms with Crippen LogP contribution < -0.4 is 11.1 Å². The third-order valence-corrected chi connectivity index (χ3v) is 9.63. The Morgan fingerprint density at radius 3 is 2.46 bits per heavy atom. The Labute approximate surface area is 263 Å². The number of ketones is 2. The highest BCUT2D eigenvalue weighted by atomic mass is 19.1. The number of hydrogen-bond acceptors (Lipinski definition) is 10. The summed E-state index contributed by atoms with van der Waals surface area (Å²) in [4.78, 5) is 54.3. The number of phenols is 1. The molecule has 12 nitrogen and oxygen atoms in total. The lowest BCUT2D eigenvalue weighted by atomic mass is 9.58. The van der Waals surface area contributed by atoms with Gasteiger partial charge in [0.2, 0.25) is 11.7 Å². The standard InChI is InChI=1S/C33H34FN3O9/c1-37(2)25-20-12-15-10-19-18(14-5-7-17(34)8-6-14)11-16(13-36-32(44)21-4-3-9-46-21)26(38)23(19)27(39)22(15)29(41)33(20,45)30(42)24(28(25)40)31(35)43/h5-8,11,15,20-21,25,38,40-41,45H,3-4,9-10,12-13H2,1-2H3,(H2,35,43)(H,36,44)/t15-,20+,21?,25+,33+/m1/s1. The number of likely N-dealkylation sites (N-methyl/N-ethyl adjacent to an activating group) is 1. The quantitative estimate of drug-likeness (QED) is 0.254. The number of aliphatic hydroxyl groups is 3. The number of fused-ring (bicyclic) bond motifs is 3. The molecule has 2 aromatic rings. The Bertz CT molecular complexity index is 1740. The number of nitrogens with one attached hydrogen (secondary N) is 1. The van der Waals surface area contributed by atoms with Crippen molar-refractivity contribution in [3.8, 4) is 16.9 Å². The fraction of sp³-hybridized carbons (Fsp3) is 0.394. The zero-order valence-electron chi connectivity index (χ0n) is 25.2. The molecule has 0 bridgehead atoms. The van der Waals surface area contributed by atoms with E-state index < -0.39 is 81.6 Å². The van der Waals surface area contributed by atoms with E-state index >= 15 is 0 Å². The van der Waals surface area contributed by atoms with Crippen LogP contribution in [0.1, 0.15) is 40.7 Å². The molecule has 1 saturated heterocycles. The number of hydrogen-bond donors (Lipinski definition) is 6. The van der Waals surface area contributed by atoms with Gasteiger partial charge in [0.25, 0.3) is 5.91 Å². The number of primary amides is 1. The largest absolute Gasteiger partial charge is 0.510 e. The second-order valence-corrected chi connectivity index (χ2v) is 12.5. The first-order valence-electron chi connectivity index (χ1n) is 14.9. The molecule has 1 fully saturated rings. The number of amides is 2. The van der Waals surface area contributed by atoms with E-state index in [-0.39, 0.29) is 36.1 Å². The SMILES string of the molecule is CN(C)[C@@H]1C(O)=C(C(N)=O)C(=O)[C@@]2(O)C(O)=C3C(=O)c4c(O)c(CNC(=O)C5CCCO5)cc(-c5ccc(F)cc5)c4C[C@@H]3C[C@@H]12. The molecule has 242 valence electrons. The Hall–Kier alpha value is -4.59. The van der Waals surface area contributed by atoms with Gasteiger partial charge in [-0.25, -0.2) is 4.39 Å². The van der Waals surface area contributed by atoms with Gasteiger partial charge in [0.15, 0.2) is 11.4 Å². The summed E-state index contributed by atoms with van der Waals surface area (Å²) < 4.78 is 19.3. The minimum atomic E-state index is -2.77. The van der Waals surface area contributed by atoms with E-state index in [1.54, 1.807) is 20.2 Å². The van der Waals surface area contributed by atoms with Gasteiger partial charge in [-0.1, -0.05) is 12.1 Å². The van der Waals surface area contributed by atoms with Gasteiger partial charge >= 0.3 is 0 Å². The van der Waals surface area contributed by atoms with E-state index in [4.69, 9.17) is 10.5 Å². The fourth-order valence-corrected chi connectivity index (χ4v) is 7.48. The van der Waals surface area contributed by atoms with Gasteiger partial charge in [-0.3, -0.25) is 24.1 Å². The predicted octanol–water partition coefficient (Wildman–Crippen LogP) is 1.72. The van der Waals surface area contributed by atoms with Crippen molar-refractivity contribution in [1.82, 2.24) is 10.2 Å². The lowest BCUT2D eigenvalue weighted by molar-refractivity contribution is -0.148. The molecule has 0 saturated carbocycles. The van der Waals surface area contributed by atoms with Gasteiger partial charge in [-0.15, -0.1) is 0 Å². The molecule has 2 amide bonds. The maximum absolute atomic E-state index is 14.3. The molecule has 1 heterocycles. The van der Waals surface area contributed by atoms with E-state index in [0.717, 1.165) is 6.42 Å². The maximum Gasteiger partial charge on any atom is 0.255 e. The number of aliphatic hydroxyl groups excluding tert-OH is 2. The van der Waals surface area contributed by atoms with Gasteiger partial charge in [-0.05, 0) is 80.6 Å². The molecule has 4 aliphatic rings. The number of rotatable bonds is 6. The molecule has 1 unspecified atom stereocenters. The van der Waals surface area contributed by atoms with Gasteiger partial charge in [-0.2, -0.15) is 0 Å². The van der Waals surface area contributed by atoms with Crippen LogP contribution in [-0.2, 0) is 32.1 Å². The number of halogens is 1. The smallest absolute Gasteiger partial charge is 0.255 e. The first kappa shape index (κ1) is 31.4. The summed E-state index contributed by atoms with van der Waals surface area (Å²) in [5, 5.41) is 48.6. The zero-order valence-corrected chi connectivity index (χ0v) is 25.2. The third kappa shape index (κ3) is 4.68. The molecular formula is C33H34FN3O9. The van der Waals surface area contributed by atoms with Gasteiger partial charge in [0.1, 0.15) is 34.8 Å². The molecule has 0 aromatic heterocycles. The Morgan fingerprint density at radius 2 is 1.85 bits per heavy atom. The number of aromatic hydroxyl groups is 1. The number of Topliss-reactive ketones (excluding diaryl/α,β-unsaturated/α-hetero) is 2. The highest BCUT2D eigenvalue weighted by Crippen LogP contribution is 2.53. The van der Waals surface area contributed by atoms with Crippen molar-refractivity contribution >= 4 is 23.4 Å². The zero-order chi connectivity index (χ0) is 33.2. The van der Waals surface area contributed by atoms with Gasteiger partial charge in [0.05, 0.1) is 11.6 Å². The van der Waals surface area contributed by atoms with Crippen molar-refractivity contribution < 1.29 is 48.7 Å². The summed E-state index contributed by atoms with van der Waals surface area (Å²) in [6.07, 6.45) is 0.602. The van der Waals surface area contributed by atoms with Crippen LogP contribution in [0.5, 0.6) is 5.75 Å². The number of phenolic OH excluding ortho intramolecular Hbond substituents is 1. The molecule has 0 radical (unpaired) electrons. The molecule has 0 spiro atoms. The topological polar surface area (TPSA) is 200 Å². The number of benzene rings is 2. The van der Waals surface area contributed by atoms with E-state index in [1.807, 2.05) is 0 Å². The Balaban J connectivity index is 1.50. The molecule has 3 aliphatic carbocycles. The number of carbonyl (C=O) groups is 4. The minimum Gasteiger partial charge on any atom is -0.510 e. The molecule has 2 aromatic carbocycles. The Morgan fingerprint density at radius 1 is 1.15 bits per heavy atom. The van der Waals surface area contributed by atoms with Gasteiger partial charge in [0, 0.05) is 30.2 Å². The van der Waals surface area contributed by atoms with E-state index in [9.17, 15) is 44.0 Å². The number of nitrogens with two attached hydrogens (primary N) is 1. The maximum atomic E-state index is 14.3. The van der Waals surface area contributed by atoms with Crippen LogP contribution in [0.25, 0.3) is 11.1 Å². The van der Waals surface area contributed by atoms with Crippen LogP contribution in [0.3, 0.4) is 0 Å². The molecule has 6 rings (SSSR count). The monoisotopic (exact) mass is 635 g/mol. The van der Waals surface area contributed by atoms with Crippen molar-refractivity contribution in [3.63, 3.8) is 0 Å². The summed E-state index contributed by atoms with van der Waals surface area (Å²) >= 11 is 0.